The number of primary amides is 1. The Labute approximate surface area is 167 Å². The van der Waals surface area contributed by atoms with Gasteiger partial charge in [-0.3, -0.25) is 9.59 Å². The van der Waals surface area contributed by atoms with Crippen molar-refractivity contribution in [2.75, 3.05) is 6.54 Å². The van der Waals surface area contributed by atoms with Gasteiger partial charge in [0.2, 0.25) is 11.8 Å². The molecule has 0 radical (unpaired) electrons. The van der Waals surface area contributed by atoms with Crippen LogP contribution in [0.1, 0.15) is 116 Å². The molecule has 0 aromatic heterocycles. The van der Waals surface area contributed by atoms with Gasteiger partial charge in [0.15, 0.2) is 0 Å². The maximum absolute atomic E-state index is 11.6. The number of carbonyl (C=O) groups is 2. The molecule has 0 aliphatic rings. The van der Waals surface area contributed by atoms with Gasteiger partial charge < -0.3 is 16.8 Å². The third-order valence-corrected chi connectivity index (χ3v) is 5.09. The molecule has 0 heterocycles. The van der Waals surface area contributed by atoms with E-state index in [-0.39, 0.29) is 12.3 Å². The van der Waals surface area contributed by atoms with Gasteiger partial charge in [-0.05, 0) is 6.42 Å². The van der Waals surface area contributed by atoms with Gasteiger partial charge in [0.05, 0.1) is 12.5 Å². The van der Waals surface area contributed by atoms with E-state index in [9.17, 15) is 9.59 Å². The van der Waals surface area contributed by atoms with E-state index in [2.05, 4.69) is 12.2 Å². The minimum absolute atomic E-state index is 0.0925. The Morgan fingerprint density at radius 1 is 0.704 bits per heavy atom. The topological polar surface area (TPSA) is 98.2 Å². The molecule has 0 aromatic carbocycles. The van der Waals surface area contributed by atoms with Gasteiger partial charge in [-0.1, -0.05) is 103 Å². The van der Waals surface area contributed by atoms with Crippen LogP contribution in [0.15, 0.2) is 0 Å². The smallest absolute Gasteiger partial charge is 0.237 e. The highest BCUT2D eigenvalue weighted by molar-refractivity contribution is 5.87. The molecule has 160 valence electrons. The Balaban J connectivity index is 3.19. The van der Waals surface area contributed by atoms with Crippen molar-refractivity contribution >= 4 is 11.8 Å². The molecule has 0 fully saturated rings. The molecule has 0 saturated carbocycles. The van der Waals surface area contributed by atoms with Crippen LogP contribution in [-0.4, -0.2) is 24.4 Å². The Bertz CT molecular complexity index is 361. The second-order valence-corrected chi connectivity index (χ2v) is 7.87. The first kappa shape index (κ1) is 25.9. The summed E-state index contributed by atoms with van der Waals surface area (Å²) in [5.41, 5.74) is 10.6. The zero-order valence-corrected chi connectivity index (χ0v) is 17.8. The van der Waals surface area contributed by atoms with Crippen LogP contribution in [0.2, 0.25) is 0 Å². The monoisotopic (exact) mass is 383 g/mol. The lowest BCUT2D eigenvalue weighted by molar-refractivity contribution is -0.126. The molecule has 5 N–H and O–H groups in total. The molecule has 5 nitrogen and oxygen atoms in total. The van der Waals surface area contributed by atoms with Crippen LogP contribution in [0.4, 0.5) is 0 Å². The Morgan fingerprint density at radius 2 is 1.07 bits per heavy atom. The number of amides is 2. The van der Waals surface area contributed by atoms with Crippen molar-refractivity contribution in [3.8, 4) is 0 Å². The molecule has 0 aliphatic heterocycles. The third kappa shape index (κ3) is 19.5. The summed E-state index contributed by atoms with van der Waals surface area (Å²) in [7, 11) is 0. The second kappa shape index (κ2) is 19.7. The largest absolute Gasteiger partial charge is 0.370 e. The second-order valence-electron chi connectivity index (χ2n) is 7.87. The maximum atomic E-state index is 11.6. The summed E-state index contributed by atoms with van der Waals surface area (Å²) >= 11 is 0. The van der Waals surface area contributed by atoms with Crippen LogP contribution in [-0.2, 0) is 9.59 Å². The predicted octanol–water partition coefficient (Wildman–Crippen LogP) is 4.57. The Kier molecular flexibility index (Phi) is 18.9. The van der Waals surface area contributed by atoms with Crippen molar-refractivity contribution in [2.24, 2.45) is 11.5 Å². The molecule has 0 bridgehead atoms. The fourth-order valence-electron chi connectivity index (χ4n) is 3.33. The summed E-state index contributed by atoms with van der Waals surface area (Å²) in [6.07, 6.45) is 21.2. The summed E-state index contributed by atoms with van der Waals surface area (Å²) in [5, 5.41) is 2.77. The van der Waals surface area contributed by atoms with Crippen molar-refractivity contribution in [3.05, 3.63) is 0 Å². The predicted molar refractivity (Wildman–Crippen MR) is 114 cm³/mol. The van der Waals surface area contributed by atoms with Crippen LogP contribution in [0.5, 0.6) is 0 Å². The summed E-state index contributed by atoms with van der Waals surface area (Å²) in [6, 6.07) is -0.816. The van der Waals surface area contributed by atoms with E-state index < -0.39 is 11.9 Å². The van der Waals surface area contributed by atoms with Crippen LogP contribution < -0.4 is 16.8 Å². The average Bonchev–Trinajstić information content (AvgIpc) is 2.63. The molecule has 5 heteroatoms. The highest BCUT2D eigenvalue weighted by atomic mass is 16.2. The lowest BCUT2D eigenvalue weighted by Gasteiger charge is -2.10. The number of unbranched alkanes of at least 4 members (excludes halogenated alkanes) is 15. The van der Waals surface area contributed by atoms with E-state index in [1.807, 2.05) is 0 Å². The standard InChI is InChI=1S/C22H45N3O2/c1-2-3-4-5-6-7-8-9-10-11-12-13-14-15-16-17-18-25-22(27)20(23)19-21(24)26/h20H,2-19,23H2,1H3,(H2,24,26)(H,25,27)/t20-/m0/s1. The number of hydrogen-bond donors (Lipinski definition) is 3. The third-order valence-electron chi connectivity index (χ3n) is 5.09. The van der Waals surface area contributed by atoms with Crippen molar-refractivity contribution in [2.45, 2.75) is 122 Å². The molecule has 0 rings (SSSR count). The number of hydrogen-bond acceptors (Lipinski definition) is 3. The quantitative estimate of drug-likeness (QED) is 0.269. The Hall–Kier alpha value is -1.10. The lowest BCUT2D eigenvalue weighted by atomic mass is 10.0. The maximum Gasteiger partial charge on any atom is 0.237 e. The molecule has 0 spiro atoms. The summed E-state index contributed by atoms with van der Waals surface area (Å²) < 4.78 is 0. The average molecular weight is 384 g/mol. The molecule has 0 unspecified atom stereocenters. The first-order chi connectivity index (χ1) is 13.1. The van der Waals surface area contributed by atoms with Gasteiger partial charge in [-0.2, -0.15) is 0 Å². The zero-order valence-electron chi connectivity index (χ0n) is 17.8. The van der Waals surface area contributed by atoms with Crippen LogP contribution in [0.3, 0.4) is 0 Å². The van der Waals surface area contributed by atoms with Crippen molar-refractivity contribution < 1.29 is 9.59 Å². The van der Waals surface area contributed by atoms with Gasteiger partial charge >= 0.3 is 0 Å². The van der Waals surface area contributed by atoms with E-state index in [0.29, 0.717) is 6.54 Å². The highest BCUT2D eigenvalue weighted by Crippen LogP contribution is 2.13. The van der Waals surface area contributed by atoms with Gasteiger partial charge in [-0.25, -0.2) is 0 Å². The van der Waals surface area contributed by atoms with E-state index >= 15 is 0 Å². The van der Waals surface area contributed by atoms with Gasteiger partial charge in [0.1, 0.15) is 0 Å². The molecule has 1 atom stereocenters. The van der Waals surface area contributed by atoms with Crippen molar-refractivity contribution in [3.63, 3.8) is 0 Å². The number of carbonyl (C=O) groups excluding carboxylic acids is 2. The minimum atomic E-state index is -0.816. The zero-order chi connectivity index (χ0) is 20.2. The van der Waals surface area contributed by atoms with E-state index in [4.69, 9.17) is 11.5 Å². The van der Waals surface area contributed by atoms with Crippen molar-refractivity contribution in [1.29, 1.82) is 0 Å². The summed E-state index contributed by atoms with van der Waals surface area (Å²) in [4.78, 5) is 22.3. The normalized spacial score (nSPS) is 12.1. The summed E-state index contributed by atoms with van der Waals surface area (Å²) in [5.74, 6) is -0.824. The molecule has 0 saturated heterocycles. The van der Waals surface area contributed by atoms with E-state index in [1.165, 1.54) is 89.9 Å². The van der Waals surface area contributed by atoms with Crippen LogP contribution in [0.25, 0.3) is 0 Å². The van der Waals surface area contributed by atoms with Crippen LogP contribution in [0, 0.1) is 0 Å². The van der Waals surface area contributed by atoms with Gasteiger partial charge in [0.25, 0.3) is 0 Å². The minimum Gasteiger partial charge on any atom is -0.370 e. The van der Waals surface area contributed by atoms with Gasteiger partial charge in [-0.15, -0.1) is 0 Å². The number of nitrogens with two attached hydrogens (primary N) is 2. The molecule has 2 amide bonds. The van der Waals surface area contributed by atoms with E-state index in [1.54, 1.807) is 0 Å². The first-order valence-corrected chi connectivity index (χ1v) is 11.4. The fourth-order valence-corrected chi connectivity index (χ4v) is 3.33. The summed E-state index contributed by atoms with van der Waals surface area (Å²) in [6.45, 7) is 2.90. The van der Waals surface area contributed by atoms with Gasteiger partial charge in [0, 0.05) is 6.54 Å². The molecule has 0 aliphatic carbocycles. The number of rotatable bonds is 20. The first-order valence-electron chi connectivity index (χ1n) is 11.4. The fraction of sp³-hybridized carbons (Fsp3) is 0.909. The van der Waals surface area contributed by atoms with Crippen molar-refractivity contribution in [1.82, 2.24) is 5.32 Å². The number of nitrogens with one attached hydrogen (secondary N) is 1. The van der Waals surface area contributed by atoms with Crippen LogP contribution >= 0.6 is 0 Å². The lowest BCUT2D eigenvalue weighted by Crippen LogP contribution is -2.43. The molecular weight excluding hydrogens is 338 g/mol. The molecule has 0 aromatic rings. The van der Waals surface area contributed by atoms with E-state index in [0.717, 1.165) is 12.8 Å². The SMILES string of the molecule is CCCCCCCCCCCCCCCCCCNC(=O)[C@@H](N)CC(N)=O. The Morgan fingerprint density at radius 3 is 1.44 bits per heavy atom. The molecular formula is C22H45N3O2. The molecule has 27 heavy (non-hydrogen) atoms. The highest BCUT2D eigenvalue weighted by Gasteiger charge is 2.14.